The predicted molar refractivity (Wildman–Crippen MR) is 107 cm³/mol. The molecule has 2 aliphatic rings. The number of morpholine rings is 1. The van der Waals surface area contributed by atoms with Gasteiger partial charge in [0.25, 0.3) is 0 Å². The highest BCUT2D eigenvalue weighted by Gasteiger charge is 2.51. The summed E-state index contributed by atoms with van der Waals surface area (Å²) in [5.41, 5.74) is 1.57. The second-order valence-corrected chi connectivity index (χ2v) is 7.95. The third kappa shape index (κ3) is 4.07. The number of carbonyl (C=O) groups excluding carboxylic acids is 1. The monoisotopic (exact) mass is 402 g/mol. The fraction of sp³-hybridized carbons (Fsp3) is 0.409. The zero-order valence-electron chi connectivity index (χ0n) is 15.7. The molecular formula is C22H24ClFN2O2. The Morgan fingerprint density at radius 1 is 1.11 bits per heavy atom. The highest BCUT2D eigenvalue weighted by atomic mass is 35.5. The third-order valence-electron chi connectivity index (χ3n) is 5.78. The van der Waals surface area contributed by atoms with Crippen LogP contribution in [0.3, 0.4) is 0 Å². The van der Waals surface area contributed by atoms with Gasteiger partial charge in [-0.05, 0) is 48.2 Å². The van der Waals surface area contributed by atoms with Gasteiger partial charge in [-0.2, -0.15) is 0 Å². The van der Waals surface area contributed by atoms with Crippen LogP contribution in [0.25, 0.3) is 0 Å². The summed E-state index contributed by atoms with van der Waals surface area (Å²) in [6.45, 7) is 3.40. The van der Waals surface area contributed by atoms with Gasteiger partial charge in [0, 0.05) is 24.7 Å². The van der Waals surface area contributed by atoms with Gasteiger partial charge in [-0.15, -0.1) is 0 Å². The summed E-state index contributed by atoms with van der Waals surface area (Å²) in [5, 5.41) is 3.83. The molecule has 2 fully saturated rings. The van der Waals surface area contributed by atoms with Crippen LogP contribution in [0.4, 0.5) is 4.39 Å². The first-order chi connectivity index (χ1) is 13.6. The molecular weight excluding hydrogens is 379 g/mol. The fourth-order valence-electron chi connectivity index (χ4n) is 3.93. The van der Waals surface area contributed by atoms with Gasteiger partial charge in [0.05, 0.1) is 24.7 Å². The molecule has 0 aromatic heterocycles. The third-order valence-corrected chi connectivity index (χ3v) is 6.03. The lowest BCUT2D eigenvalue weighted by Gasteiger charge is -2.35. The molecule has 6 heteroatoms. The van der Waals surface area contributed by atoms with Gasteiger partial charge >= 0.3 is 0 Å². The highest BCUT2D eigenvalue weighted by molar-refractivity contribution is 6.30. The van der Waals surface area contributed by atoms with E-state index in [9.17, 15) is 9.18 Å². The van der Waals surface area contributed by atoms with Crippen LogP contribution in [-0.4, -0.2) is 43.7 Å². The number of hydrogen-bond donors (Lipinski definition) is 1. The van der Waals surface area contributed by atoms with Crippen LogP contribution in [0.5, 0.6) is 0 Å². The molecule has 1 aliphatic heterocycles. The van der Waals surface area contributed by atoms with Gasteiger partial charge in [-0.25, -0.2) is 4.39 Å². The van der Waals surface area contributed by atoms with Crippen molar-refractivity contribution in [1.29, 1.82) is 0 Å². The Balaban J connectivity index is 1.48. The maximum atomic E-state index is 13.4. The minimum absolute atomic E-state index is 0.00512. The smallest absolute Gasteiger partial charge is 0.230 e. The summed E-state index contributed by atoms with van der Waals surface area (Å²) >= 11 is 5.99. The molecule has 148 valence electrons. The first kappa shape index (κ1) is 19.4. The van der Waals surface area contributed by atoms with Crippen molar-refractivity contribution in [2.24, 2.45) is 0 Å². The van der Waals surface area contributed by atoms with E-state index in [0.29, 0.717) is 24.8 Å². The van der Waals surface area contributed by atoms with E-state index in [2.05, 4.69) is 10.2 Å². The molecule has 0 bridgehead atoms. The minimum atomic E-state index is -0.442. The van der Waals surface area contributed by atoms with Crippen molar-refractivity contribution in [3.05, 3.63) is 70.5 Å². The van der Waals surface area contributed by atoms with E-state index in [0.717, 1.165) is 37.1 Å². The maximum absolute atomic E-state index is 13.4. The van der Waals surface area contributed by atoms with Crippen LogP contribution < -0.4 is 5.32 Å². The summed E-state index contributed by atoms with van der Waals surface area (Å²) < 4.78 is 18.8. The average Bonchev–Trinajstić information content (AvgIpc) is 3.53. The normalized spacial score (nSPS) is 19.8. The molecule has 1 heterocycles. The number of halogens is 2. The van der Waals surface area contributed by atoms with E-state index < -0.39 is 5.41 Å². The van der Waals surface area contributed by atoms with Crippen LogP contribution in [-0.2, 0) is 14.9 Å². The van der Waals surface area contributed by atoms with Crippen LogP contribution in [0.15, 0.2) is 48.5 Å². The molecule has 4 rings (SSSR count). The number of ether oxygens (including phenoxy) is 1. The second kappa shape index (κ2) is 8.19. The molecule has 1 atom stereocenters. The van der Waals surface area contributed by atoms with Crippen LogP contribution in [0.1, 0.15) is 30.0 Å². The molecule has 2 aromatic rings. The number of nitrogens with one attached hydrogen (secondary N) is 1. The molecule has 4 nitrogen and oxygen atoms in total. The van der Waals surface area contributed by atoms with E-state index in [1.165, 1.54) is 12.1 Å². The minimum Gasteiger partial charge on any atom is -0.379 e. The summed E-state index contributed by atoms with van der Waals surface area (Å²) in [4.78, 5) is 15.3. The highest BCUT2D eigenvalue weighted by Crippen LogP contribution is 2.48. The zero-order chi connectivity index (χ0) is 19.6. The molecule has 0 spiro atoms. The van der Waals surface area contributed by atoms with Crippen molar-refractivity contribution in [2.75, 3.05) is 32.8 Å². The number of nitrogens with zero attached hydrogens (tertiary/aromatic N) is 1. The molecule has 0 radical (unpaired) electrons. The van der Waals surface area contributed by atoms with Crippen LogP contribution in [0, 0.1) is 5.82 Å². The van der Waals surface area contributed by atoms with E-state index >= 15 is 0 Å². The molecule has 28 heavy (non-hydrogen) atoms. The molecule has 1 N–H and O–H groups in total. The number of benzene rings is 2. The van der Waals surface area contributed by atoms with E-state index in [1.807, 2.05) is 24.3 Å². The first-order valence-corrected chi connectivity index (χ1v) is 10.1. The Morgan fingerprint density at radius 3 is 2.36 bits per heavy atom. The average molecular weight is 403 g/mol. The summed E-state index contributed by atoms with van der Waals surface area (Å²) in [5.74, 6) is -0.205. The van der Waals surface area contributed by atoms with Gasteiger partial charge in [-0.1, -0.05) is 35.9 Å². The number of hydrogen-bond acceptors (Lipinski definition) is 3. The van der Waals surface area contributed by atoms with E-state index in [4.69, 9.17) is 16.3 Å². The van der Waals surface area contributed by atoms with Crippen LogP contribution >= 0.6 is 11.6 Å². The summed E-state index contributed by atoms with van der Waals surface area (Å²) in [6.07, 6.45) is 1.69. The topological polar surface area (TPSA) is 41.6 Å². The SMILES string of the molecule is O=C(NCC(c1ccc(F)cc1)N1CCOCC1)C1(c2ccc(Cl)cc2)CC1. The van der Waals surface area contributed by atoms with Crippen molar-refractivity contribution in [3.8, 4) is 0 Å². The Labute approximate surface area is 169 Å². The van der Waals surface area contributed by atoms with Gasteiger partial charge in [0.2, 0.25) is 5.91 Å². The maximum Gasteiger partial charge on any atom is 0.230 e. The van der Waals surface area contributed by atoms with Crippen molar-refractivity contribution < 1.29 is 13.9 Å². The number of rotatable bonds is 6. The molecule has 1 amide bonds. The van der Waals surface area contributed by atoms with E-state index in [1.54, 1.807) is 12.1 Å². The van der Waals surface area contributed by atoms with Crippen molar-refractivity contribution >= 4 is 17.5 Å². The van der Waals surface area contributed by atoms with Gasteiger partial charge in [0.1, 0.15) is 5.82 Å². The van der Waals surface area contributed by atoms with Gasteiger partial charge in [-0.3, -0.25) is 9.69 Å². The lowest BCUT2D eigenvalue weighted by Crippen LogP contribution is -2.45. The fourth-order valence-corrected chi connectivity index (χ4v) is 4.06. The number of carbonyl (C=O) groups is 1. The Kier molecular flexibility index (Phi) is 5.67. The van der Waals surface area contributed by atoms with Crippen molar-refractivity contribution in [1.82, 2.24) is 10.2 Å². The molecule has 1 aliphatic carbocycles. The molecule has 2 aromatic carbocycles. The lowest BCUT2D eigenvalue weighted by molar-refractivity contribution is -0.124. The first-order valence-electron chi connectivity index (χ1n) is 9.70. The molecule has 1 unspecified atom stereocenters. The number of amides is 1. The molecule has 1 saturated heterocycles. The van der Waals surface area contributed by atoms with Gasteiger partial charge < -0.3 is 10.1 Å². The second-order valence-electron chi connectivity index (χ2n) is 7.51. The van der Waals surface area contributed by atoms with Crippen LogP contribution in [0.2, 0.25) is 5.02 Å². The summed E-state index contributed by atoms with van der Waals surface area (Å²) in [7, 11) is 0. The quantitative estimate of drug-likeness (QED) is 0.801. The largest absolute Gasteiger partial charge is 0.379 e. The van der Waals surface area contributed by atoms with Crippen molar-refractivity contribution in [2.45, 2.75) is 24.3 Å². The zero-order valence-corrected chi connectivity index (χ0v) is 16.4. The molecule has 1 saturated carbocycles. The Hall–Kier alpha value is -1.95. The predicted octanol–water partition coefficient (Wildman–Crippen LogP) is 3.70. The lowest BCUT2D eigenvalue weighted by atomic mass is 9.94. The Morgan fingerprint density at radius 2 is 1.75 bits per heavy atom. The summed E-state index contributed by atoms with van der Waals surface area (Å²) in [6, 6.07) is 14.1. The Bertz CT molecular complexity index is 815. The van der Waals surface area contributed by atoms with Gasteiger partial charge in [0.15, 0.2) is 0 Å². The standard InChI is InChI=1S/C22H24ClFN2O2/c23-18-5-3-17(4-6-18)22(9-10-22)21(27)25-15-20(26-11-13-28-14-12-26)16-1-7-19(24)8-2-16/h1-8,20H,9-15H2,(H,25,27). The van der Waals surface area contributed by atoms with E-state index in [-0.39, 0.29) is 17.8 Å². The van der Waals surface area contributed by atoms with Crippen molar-refractivity contribution in [3.63, 3.8) is 0 Å².